The molecule has 2 N–H and O–H groups in total. The van der Waals surface area contributed by atoms with Crippen LogP contribution in [0.4, 0.5) is 0 Å². The van der Waals surface area contributed by atoms with Crippen LogP contribution in [-0.2, 0) is 6.54 Å². The standard InChI is InChI=1S/C10H7.C7H8N/c1-2-6-10-8-4-3-7-9(10)5-1;8-6-7-4-2-1-3-5-7/h1-7H;2-5H,6,8H2. The zero-order chi connectivity index (χ0) is 12.6. The fraction of sp³-hybridized carbons (Fsp3) is 0.0588. The summed E-state index contributed by atoms with van der Waals surface area (Å²) in [6, 6.07) is 27.9. The molecule has 0 aromatic heterocycles. The van der Waals surface area contributed by atoms with Crippen molar-refractivity contribution >= 4 is 10.8 Å². The van der Waals surface area contributed by atoms with Gasteiger partial charge in [-0.3, -0.25) is 0 Å². The largest absolute Gasteiger partial charge is 0.326 e. The number of benzene rings is 3. The Labute approximate surface area is 108 Å². The van der Waals surface area contributed by atoms with Crippen molar-refractivity contribution < 1.29 is 0 Å². The first-order valence-corrected chi connectivity index (χ1v) is 5.90. The normalized spacial score (nSPS) is 9.61. The van der Waals surface area contributed by atoms with Gasteiger partial charge in [-0.25, -0.2) is 0 Å². The van der Waals surface area contributed by atoms with Crippen molar-refractivity contribution in [3.05, 3.63) is 84.4 Å². The molecule has 0 saturated heterocycles. The van der Waals surface area contributed by atoms with Crippen LogP contribution in [0.1, 0.15) is 5.56 Å². The molecule has 0 aliphatic rings. The summed E-state index contributed by atoms with van der Waals surface area (Å²) < 4.78 is 0. The molecule has 0 amide bonds. The van der Waals surface area contributed by atoms with Crippen LogP contribution in [-0.4, -0.2) is 0 Å². The first-order valence-electron chi connectivity index (χ1n) is 5.90. The lowest BCUT2D eigenvalue weighted by molar-refractivity contribution is 1.07. The highest BCUT2D eigenvalue weighted by Gasteiger charge is 1.85. The molecule has 1 heteroatoms. The maximum atomic E-state index is 5.34. The molecule has 3 rings (SSSR count). The third-order valence-electron chi connectivity index (χ3n) is 2.59. The Morgan fingerprint density at radius 2 is 1.56 bits per heavy atom. The van der Waals surface area contributed by atoms with Gasteiger partial charge in [0.25, 0.3) is 0 Å². The molecule has 2 radical (unpaired) electrons. The van der Waals surface area contributed by atoms with E-state index in [-0.39, 0.29) is 0 Å². The first-order chi connectivity index (χ1) is 8.90. The van der Waals surface area contributed by atoms with Crippen molar-refractivity contribution in [2.45, 2.75) is 6.54 Å². The highest BCUT2D eigenvalue weighted by Crippen LogP contribution is 2.10. The van der Waals surface area contributed by atoms with E-state index in [1.54, 1.807) is 0 Å². The topological polar surface area (TPSA) is 26.0 Å². The fourth-order valence-corrected chi connectivity index (χ4v) is 1.62. The van der Waals surface area contributed by atoms with Crippen LogP contribution in [0.5, 0.6) is 0 Å². The van der Waals surface area contributed by atoms with Gasteiger partial charge in [-0.15, -0.1) is 0 Å². The minimum absolute atomic E-state index is 0.620. The third-order valence-corrected chi connectivity index (χ3v) is 2.59. The van der Waals surface area contributed by atoms with Gasteiger partial charge >= 0.3 is 0 Å². The number of hydrogen-bond acceptors (Lipinski definition) is 1. The fourth-order valence-electron chi connectivity index (χ4n) is 1.62. The van der Waals surface area contributed by atoms with Crippen molar-refractivity contribution in [3.8, 4) is 0 Å². The van der Waals surface area contributed by atoms with E-state index >= 15 is 0 Å². The van der Waals surface area contributed by atoms with Gasteiger partial charge in [-0.05, 0) is 28.5 Å². The average Bonchev–Trinajstić information content (AvgIpc) is 2.49. The average molecular weight is 233 g/mol. The molecule has 0 heterocycles. The molecule has 88 valence electrons. The van der Waals surface area contributed by atoms with Gasteiger partial charge in [0, 0.05) is 6.54 Å². The lowest BCUT2D eigenvalue weighted by Gasteiger charge is -1.91. The van der Waals surface area contributed by atoms with Gasteiger partial charge in [0.1, 0.15) is 0 Å². The zero-order valence-corrected chi connectivity index (χ0v) is 10.1. The van der Waals surface area contributed by atoms with Gasteiger partial charge in [0.05, 0.1) is 0 Å². The highest BCUT2D eigenvalue weighted by atomic mass is 14.5. The van der Waals surface area contributed by atoms with Gasteiger partial charge in [0.15, 0.2) is 0 Å². The van der Waals surface area contributed by atoms with E-state index in [0.717, 1.165) is 5.56 Å². The molecule has 0 saturated carbocycles. The van der Waals surface area contributed by atoms with Gasteiger partial charge in [-0.2, -0.15) is 0 Å². The highest BCUT2D eigenvalue weighted by molar-refractivity contribution is 5.81. The summed E-state index contributed by atoms with van der Waals surface area (Å²) in [6.07, 6.45) is 0. The SMILES string of the molecule is NCc1cc[c]cc1.[c]1cccc2ccccc12. The van der Waals surface area contributed by atoms with Crippen molar-refractivity contribution in [1.29, 1.82) is 0 Å². The first kappa shape index (κ1) is 12.3. The maximum absolute atomic E-state index is 5.34. The Kier molecular flexibility index (Phi) is 4.51. The molecule has 0 bridgehead atoms. The minimum Gasteiger partial charge on any atom is -0.326 e. The predicted molar refractivity (Wildman–Crippen MR) is 76.0 cm³/mol. The molecule has 0 aliphatic heterocycles. The number of rotatable bonds is 1. The molecule has 0 atom stereocenters. The van der Waals surface area contributed by atoms with Crippen molar-refractivity contribution in [2.24, 2.45) is 5.73 Å². The predicted octanol–water partition coefficient (Wildman–Crippen LogP) is 3.59. The summed E-state index contributed by atoms with van der Waals surface area (Å²) in [5, 5.41) is 2.44. The Morgan fingerprint density at radius 3 is 2.22 bits per heavy atom. The Bertz CT molecular complexity index is 522. The Hall–Kier alpha value is -2.12. The number of fused-ring (bicyclic) bond motifs is 1. The van der Waals surface area contributed by atoms with Crippen LogP contribution < -0.4 is 5.73 Å². The van der Waals surface area contributed by atoms with Crippen LogP contribution >= 0.6 is 0 Å². The van der Waals surface area contributed by atoms with E-state index in [9.17, 15) is 0 Å². The summed E-state index contributed by atoms with van der Waals surface area (Å²) in [6.45, 7) is 0.620. The van der Waals surface area contributed by atoms with E-state index in [1.165, 1.54) is 10.8 Å². The second-order valence-corrected chi connectivity index (χ2v) is 3.87. The molecule has 0 spiro atoms. The zero-order valence-electron chi connectivity index (χ0n) is 10.1. The van der Waals surface area contributed by atoms with Crippen LogP contribution in [0.3, 0.4) is 0 Å². The lowest BCUT2D eigenvalue weighted by Crippen LogP contribution is -1.94. The van der Waals surface area contributed by atoms with Gasteiger partial charge < -0.3 is 5.73 Å². The smallest absolute Gasteiger partial charge is 0.0178 e. The monoisotopic (exact) mass is 233 g/mol. The van der Waals surface area contributed by atoms with Crippen molar-refractivity contribution in [1.82, 2.24) is 0 Å². The lowest BCUT2D eigenvalue weighted by atomic mass is 10.1. The Balaban J connectivity index is 0.000000138. The van der Waals surface area contributed by atoms with Gasteiger partial charge in [0.2, 0.25) is 0 Å². The maximum Gasteiger partial charge on any atom is 0.0178 e. The summed E-state index contributed by atoms with van der Waals surface area (Å²) in [7, 11) is 0. The molecule has 3 aromatic carbocycles. The van der Waals surface area contributed by atoms with Crippen LogP contribution in [0.2, 0.25) is 0 Å². The number of hydrogen-bond donors (Lipinski definition) is 1. The molecular formula is C17H15N. The molecule has 3 aromatic rings. The van der Waals surface area contributed by atoms with E-state index in [2.05, 4.69) is 30.3 Å². The second kappa shape index (κ2) is 6.58. The number of nitrogens with two attached hydrogens (primary N) is 1. The van der Waals surface area contributed by atoms with E-state index in [4.69, 9.17) is 5.73 Å². The van der Waals surface area contributed by atoms with Crippen molar-refractivity contribution in [2.75, 3.05) is 0 Å². The van der Waals surface area contributed by atoms with Crippen LogP contribution in [0.25, 0.3) is 10.8 Å². The minimum atomic E-state index is 0.620. The quantitative estimate of drug-likeness (QED) is 0.683. The summed E-state index contributed by atoms with van der Waals surface area (Å²) in [4.78, 5) is 0. The molecular weight excluding hydrogens is 218 g/mol. The van der Waals surface area contributed by atoms with Crippen LogP contribution in [0.15, 0.2) is 66.7 Å². The molecule has 0 fully saturated rings. The molecule has 1 nitrogen and oxygen atoms in total. The Morgan fingerprint density at radius 1 is 0.833 bits per heavy atom. The molecule has 0 unspecified atom stereocenters. The molecule has 18 heavy (non-hydrogen) atoms. The molecule has 0 aliphatic carbocycles. The van der Waals surface area contributed by atoms with Gasteiger partial charge in [-0.1, -0.05) is 66.7 Å². The summed E-state index contributed by atoms with van der Waals surface area (Å²) in [5.74, 6) is 0. The van der Waals surface area contributed by atoms with E-state index in [0.29, 0.717) is 6.54 Å². The summed E-state index contributed by atoms with van der Waals surface area (Å²) in [5.41, 5.74) is 6.49. The van der Waals surface area contributed by atoms with E-state index < -0.39 is 0 Å². The van der Waals surface area contributed by atoms with E-state index in [1.807, 2.05) is 48.5 Å². The second-order valence-electron chi connectivity index (χ2n) is 3.87. The van der Waals surface area contributed by atoms with Crippen molar-refractivity contribution in [3.63, 3.8) is 0 Å². The van der Waals surface area contributed by atoms with Crippen LogP contribution in [0, 0.1) is 12.1 Å². The summed E-state index contributed by atoms with van der Waals surface area (Å²) >= 11 is 0. The third kappa shape index (κ3) is 3.44.